The monoisotopic (exact) mass is 344 g/mol. The maximum absolute atomic E-state index is 14.9. The summed E-state index contributed by atoms with van der Waals surface area (Å²) in [7, 11) is 0. The van der Waals surface area contributed by atoms with Crippen molar-refractivity contribution >= 4 is 11.6 Å². The van der Waals surface area contributed by atoms with Crippen LogP contribution in [0.4, 0.5) is 4.39 Å². The van der Waals surface area contributed by atoms with Crippen LogP contribution in [0.3, 0.4) is 0 Å². The third-order valence-electron chi connectivity index (χ3n) is 6.96. The lowest BCUT2D eigenvalue weighted by Gasteiger charge is -2.42. The molecule has 134 valence electrons. The maximum Gasteiger partial charge on any atom is 0.103 e. The maximum atomic E-state index is 14.9. The van der Waals surface area contributed by atoms with Gasteiger partial charge in [0.25, 0.3) is 0 Å². The molecule has 0 N–H and O–H groups in total. The molecule has 3 aliphatic carbocycles. The van der Waals surface area contributed by atoms with Crippen LogP contribution in [0.15, 0.2) is 0 Å². The summed E-state index contributed by atoms with van der Waals surface area (Å²) in [5.41, 5.74) is 0. The average Bonchev–Trinajstić information content (AvgIpc) is 2.57. The zero-order chi connectivity index (χ0) is 16.2. The van der Waals surface area contributed by atoms with Crippen LogP contribution in [-0.4, -0.2) is 24.3 Å². The van der Waals surface area contributed by atoms with Gasteiger partial charge in [0.2, 0.25) is 0 Å². The molecule has 3 rings (SSSR count). The molecule has 0 amide bonds. The first-order chi connectivity index (χ1) is 11.2. The van der Waals surface area contributed by atoms with Crippen LogP contribution >= 0.6 is 11.6 Å². The summed E-state index contributed by atoms with van der Waals surface area (Å²) < 4.78 is 20.6. The number of hydrogen-bond acceptors (Lipinski definition) is 1. The first-order valence-electron chi connectivity index (χ1n) is 10.1. The summed E-state index contributed by atoms with van der Waals surface area (Å²) in [5.74, 6) is 2.32. The molecule has 0 bridgehead atoms. The third kappa shape index (κ3) is 4.63. The molecular formula is C20H34ClFO. The van der Waals surface area contributed by atoms with Gasteiger partial charge in [-0.25, -0.2) is 4.39 Å². The second-order valence-corrected chi connectivity index (χ2v) is 8.87. The van der Waals surface area contributed by atoms with Gasteiger partial charge in [-0.3, -0.25) is 0 Å². The molecule has 0 aromatic heterocycles. The fourth-order valence-electron chi connectivity index (χ4n) is 5.60. The van der Waals surface area contributed by atoms with Crippen LogP contribution in [-0.2, 0) is 4.74 Å². The third-order valence-corrected chi connectivity index (χ3v) is 7.39. The SMILES string of the molecule is CCOC1CCC(C2CCC(C3CCC(Cl)CC3)CC2F)CC1. The number of ether oxygens (including phenoxy) is 1. The lowest BCUT2D eigenvalue weighted by atomic mass is 9.65. The summed E-state index contributed by atoms with van der Waals surface area (Å²) in [6.07, 6.45) is 12.5. The Labute approximate surface area is 146 Å². The van der Waals surface area contributed by atoms with E-state index in [4.69, 9.17) is 16.3 Å². The average molecular weight is 345 g/mol. The molecule has 0 saturated heterocycles. The van der Waals surface area contributed by atoms with E-state index in [1.165, 1.54) is 32.1 Å². The van der Waals surface area contributed by atoms with Gasteiger partial charge in [0.1, 0.15) is 6.17 Å². The van der Waals surface area contributed by atoms with Gasteiger partial charge < -0.3 is 4.74 Å². The van der Waals surface area contributed by atoms with Gasteiger partial charge >= 0.3 is 0 Å². The molecule has 23 heavy (non-hydrogen) atoms. The molecule has 3 heteroatoms. The minimum atomic E-state index is -0.559. The van der Waals surface area contributed by atoms with E-state index in [0.29, 0.717) is 29.2 Å². The highest BCUT2D eigenvalue weighted by Crippen LogP contribution is 2.46. The topological polar surface area (TPSA) is 9.23 Å². The summed E-state index contributed by atoms with van der Waals surface area (Å²) >= 11 is 6.22. The minimum Gasteiger partial charge on any atom is -0.379 e. The Hall–Kier alpha value is 0.180. The van der Waals surface area contributed by atoms with Gasteiger partial charge in [-0.1, -0.05) is 0 Å². The van der Waals surface area contributed by atoms with E-state index in [1.807, 2.05) is 0 Å². The predicted molar refractivity (Wildman–Crippen MR) is 94.7 cm³/mol. The van der Waals surface area contributed by atoms with E-state index in [1.54, 1.807) is 0 Å². The van der Waals surface area contributed by atoms with Crippen LogP contribution in [0.5, 0.6) is 0 Å². The Morgan fingerprint density at radius 1 is 0.826 bits per heavy atom. The van der Waals surface area contributed by atoms with Crippen molar-refractivity contribution in [2.45, 2.75) is 95.2 Å². The van der Waals surface area contributed by atoms with Crippen LogP contribution in [0.25, 0.3) is 0 Å². The highest BCUT2D eigenvalue weighted by atomic mass is 35.5. The molecule has 0 heterocycles. The van der Waals surface area contributed by atoms with E-state index < -0.39 is 6.17 Å². The van der Waals surface area contributed by atoms with Crippen molar-refractivity contribution in [3.8, 4) is 0 Å². The zero-order valence-corrected chi connectivity index (χ0v) is 15.4. The van der Waals surface area contributed by atoms with Gasteiger partial charge in [0, 0.05) is 12.0 Å². The summed E-state index contributed by atoms with van der Waals surface area (Å²) in [4.78, 5) is 0. The first-order valence-corrected chi connectivity index (χ1v) is 10.5. The van der Waals surface area contributed by atoms with Gasteiger partial charge in [-0.05, 0) is 101 Å². The molecule has 3 atom stereocenters. The molecule has 3 saturated carbocycles. The Kier molecular flexibility index (Phi) is 6.66. The van der Waals surface area contributed by atoms with E-state index in [9.17, 15) is 4.39 Å². The number of halogens is 2. The molecule has 3 unspecified atom stereocenters. The van der Waals surface area contributed by atoms with Crippen molar-refractivity contribution < 1.29 is 9.13 Å². The van der Waals surface area contributed by atoms with Crippen LogP contribution in [0.2, 0.25) is 0 Å². The smallest absolute Gasteiger partial charge is 0.103 e. The standard InChI is InChI=1S/C20H34ClFO/c1-2-23-18-10-5-15(6-11-18)19-12-7-16(13-20(19)22)14-3-8-17(21)9-4-14/h14-20H,2-13H2,1H3. The molecule has 0 aromatic rings. The van der Waals surface area contributed by atoms with E-state index in [2.05, 4.69) is 6.92 Å². The number of rotatable bonds is 4. The number of alkyl halides is 2. The fraction of sp³-hybridized carbons (Fsp3) is 1.00. The Bertz CT molecular complexity index is 348. The zero-order valence-electron chi connectivity index (χ0n) is 14.7. The molecule has 3 aliphatic rings. The first kappa shape index (κ1) is 18.0. The fourth-order valence-corrected chi connectivity index (χ4v) is 5.85. The van der Waals surface area contributed by atoms with E-state index in [-0.39, 0.29) is 0 Å². The predicted octanol–water partition coefficient (Wildman–Crippen LogP) is 6.13. The quantitative estimate of drug-likeness (QED) is 0.557. The largest absolute Gasteiger partial charge is 0.379 e. The van der Waals surface area contributed by atoms with Crippen LogP contribution < -0.4 is 0 Å². The molecule has 0 radical (unpaired) electrons. The molecule has 0 aromatic carbocycles. The van der Waals surface area contributed by atoms with Crippen molar-refractivity contribution in [2.75, 3.05) is 6.61 Å². The Morgan fingerprint density at radius 3 is 2.04 bits per heavy atom. The summed E-state index contributed by atoms with van der Waals surface area (Å²) in [5, 5.41) is 0.379. The van der Waals surface area contributed by atoms with Gasteiger partial charge in [-0.2, -0.15) is 0 Å². The summed E-state index contributed by atoms with van der Waals surface area (Å²) in [6.45, 7) is 2.89. The van der Waals surface area contributed by atoms with Crippen LogP contribution in [0.1, 0.15) is 77.6 Å². The number of hydrogen-bond donors (Lipinski definition) is 0. The van der Waals surface area contributed by atoms with Crippen molar-refractivity contribution in [2.24, 2.45) is 23.7 Å². The van der Waals surface area contributed by atoms with E-state index in [0.717, 1.165) is 51.0 Å². The van der Waals surface area contributed by atoms with E-state index >= 15 is 0 Å². The van der Waals surface area contributed by atoms with Gasteiger partial charge in [0.15, 0.2) is 0 Å². The highest BCUT2D eigenvalue weighted by Gasteiger charge is 2.39. The second kappa shape index (κ2) is 8.52. The molecular weight excluding hydrogens is 311 g/mol. The van der Waals surface area contributed by atoms with Crippen molar-refractivity contribution in [3.05, 3.63) is 0 Å². The van der Waals surface area contributed by atoms with Gasteiger partial charge in [0.05, 0.1) is 6.10 Å². The molecule has 0 spiro atoms. The minimum absolute atomic E-state index is 0.332. The molecule has 1 nitrogen and oxygen atoms in total. The Balaban J connectivity index is 1.45. The lowest BCUT2D eigenvalue weighted by molar-refractivity contribution is -0.00635. The normalized spacial score (nSPS) is 45.8. The molecule has 0 aliphatic heterocycles. The van der Waals surface area contributed by atoms with Crippen molar-refractivity contribution in [1.82, 2.24) is 0 Å². The Morgan fingerprint density at radius 2 is 1.43 bits per heavy atom. The lowest BCUT2D eigenvalue weighted by Crippen LogP contribution is -2.37. The molecule has 3 fully saturated rings. The highest BCUT2D eigenvalue weighted by molar-refractivity contribution is 6.20. The second-order valence-electron chi connectivity index (χ2n) is 8.26. The van der Waals surface area contributed by atoms with Gasteiger partial charge in [-0.15, -0.1) is 11.6 Å². The van der Waals surface area contributed by atoms with Crippen molar-refractivity contribution in [1.29, 1.82) is 0 Å². The summed E-state index contributed by atoms with van der Waals surface area (Å²) in [6, 6.07) is 0. The van der Waals surface area contributed by atoms with Crippen LogP contribution in [0, 0.1) is 23.7 Å². The van der Waals surface area contributed by atoms with Crippen molar-refractivity contribution in [3.63, 3.8) is 0 Å².